The monoisotopic (exact) mass is 617 g/mol. The summed E-state index contributed by atoms with van der Waals surface area (Å²) in [6.07, 6.45) is -2.30. The van der Waals surface area contributed by atoms with Crippen molar-refractivity contribution in [3.63, 3.8) is 0 Å². The summed E-state index contributed by atoms with van der Waals surface area (Å²) in [6.45, 7) is 8.53. The number of carbonyl (C=O) groups excluding carboxylic acids is 1. The standard InChI is InChI=1S/C27H36N7O8P/c1-6-38-23-20-22(31-26(29)32-23)34(15-30-20)25-27(5,14-28)21(35)19(41-25)13-40-43(37,42-18-10-8-7-9-11-18)33-17(4)24(36)39-12-16(2)3/h7-11,15-17,19,21,25,35H,6,12-13H2,1-5H3,(H,33,37)(H2,29,31,32)/t17-,19+,21+,25+,27+,43?/m0/s1. The number of nitrogens with one attached hydrogen (secondary N) is 1. The largest absolute Gasteiger partial charge is 0.476 e. The number of hydrogen-bond donors (Lipinski definition) is 3. The average molecular weight is 618 g/mol. The fourth-order valence-electron chi connectivity index (χ4n) is 4.38. The van der Waals surface area contributed by atoms with Crippen molar-refractivity contribution in [3.8, 4) is 17.7 Å². The maximum atomic E-state index is 13.9. The Kier molecular flexibility index (Phi) is 9.89. The summed E-state index contributed by atoms with van der Waals surface area (Å²) in [5.41, 5.74) is 4.87. The molecular formula is C27H36N7O8P. The van der Waals surface area contributed by atoms with E-state index in [4.69, 9.17) is 29.0 Å². The number of carbonyl (C=O) groups is 1. The van der Waals surface area contributed by atoms with E-state index in [0.717, 1.165) is 0 Å². The maximum absolute atomic E-state index is 13.9. The van der Waals surface area contributed by atoms with Gasteiger partial charge in [-0.3, -0.25) is 13.9 Å². The predicted octanol–water partition coefficient (Wildman–Crippen LogP) is 2.98. The second-order valence-corrected chi connectivity index (χ2v) is 12.3. The summed E-state index contributed by atoms with van der Waals surface area (Å²) < 4.78 is 43.7. The molecule has 0 aliphatic carbocycles. The van der Waals surface area contributed by atoms with Crippen LogP contribution in [-0.4, -0.2) is 68.7 Å². The van der Waals surface area contributed by atoms with Gasteiger partial charge >= 0.3 is 13.7 Å². The van der Waals surface area contributed by atoms with Crippen LogP contribution in [0.2, 0.25) is 0 Å². The Bertz CT molecular complexity index is 1510. The number of ether oxygens (including phenoxy) is 3. The van der Waals surface area contributed by atoms with E-state index in [1.807, 2.05) is 13.8 Å². The van der Waals surface area contributed by atoms with Crippen LogP contribution in [0.25, 0.3) is 11.2 Å². The van der Waals surface area contributed by atoms with Gasteiger partial charge in [0.1, 0.15) is 29.4 Å². The lowest BCUT2D eigenvalue weighted by molar-refractivity contribution is -0.146. The molecule has 6 atom stereocenters. The van der Waals surface area contributed by atoms with Crippen LogP contribution in [0.15, 0.2) is 36.7 Å². The molecule has 43 heavy (non-hydrogen) atoms. The summed E-state index contributed by atoms with van der Waals surface area (Å²) in [7, 11) is -4.27. The number of nitrogens with zero attached hydrogens (tertiary/aromatic N) is 5. The van der Waals surface area contributed by atoms with Crippen LogP contribution in [0.3, 0.4) is 0 Å². The molecule has 3 heterocycles. The molecule has 0 bridgehead atoms. The third-order valence-electron chi connectivity index (χ3n) is 6.61. The molecule has 232 valence electrons. The van der Waals surface area contributed by atoms with E-state index in [1.54, 1.807) is 37.3 Å². The molecule has 0 radical (unpaired) electrons. The maximum Gasteiger partial charge on any atom is 0.459 e. The van der Waals surface area contributed by atoms with Gasteiger partial charge < -0.3 is 29.6 Å². The number of aliphatic hydroxyl groups excluding tert-OH is 1. The van der Waals surface area contributed by atoms with Crippen LogP contribution in [0.4, 0.5) is 5.95 Å². The van der Waals surface area contributed by atoms with E-state index in [9.17, 15) is 19.7 Å². The predicted molar refractivity (Wildman–Crippen MR) is 154 cm³/mol. The van der Waals surface area contributed by atoms with Crippen molar-refractivity contribution in [1.29, 1.82) is 5.26 Å². The van der Waals surface area contributed by atoms with Crippen LogP contribution in [-0.2, 0) is 23.4 Å². The normalized spacial score (nSPS) is 23.9. The fourth-order valence-corrected chi connectivity index (χ4v) is 5.88. The minimum Gasteiger partial charge on any atom is -0.476 e. The Morgan fingerprint density at radius 2 is 2.02 bits per heavy atom. The van der Waals surface area contributed by atoms with Gasteiger partial charge in [0, 0.05) is 0 Å². The van der Waals surface area contributed by atoms with E-state index in [0.29, 0.717) is 6.61 Å². The first-order valence-electron chi connectivity index (χ1n) is 13.7. The van der Waals surface area contributed by atoms with Gasteiger partial charge in [-0.25, -0.2) is 9.55 Å². The van der Waals surface area contributed by atoms with Crippen LogP contribution < -0.4 is 20.1 Å². The highest BCUT2D eigenvalue weighted by atomic mass is 31.2. The molecule has 4 N–H and O–H groups in total. The SMILES string of the molecule is CCOc1nc(N)nc2c1ncn2[C@@H]1O[C@H](COP(=O)(N[C@@H](C)C(=O)OCC(C)C)Oc2ccccc2)[C@@H](O)[C@@]1(C)C#N. The molecule has 15 nitrogen and oxygen atoms in total. The van der Waals surface area contributed by atoms with Gasteiger partial charge in [0.15, 0.2) is 17.4 Å². The first-order valence-corrected chi connectivity index (χ1v) is 15.3. The van der Waals surface area contributed by atoms with Crippen molar-refractivity contribution in [2.45, 2.75) is 59.1 Å². The van der Waals surface area contributed by atoms with Gasteiger partial charge in [0.05, 0.1) is 32.2 Å². The number of fused-ring (bicyclic) bond motifs is 1. The molecule has 0 amide bonds. The molecule has 3 aromatic rings. The topological polar surface area (TPSA) is 206 Å². The zero-order valence-electron chi connectivity index (χ0n) is 24.5. The zero-order chi connectivity index (χ0) is 31.4. The molecule has 0 spiro atoms. The quantitative estimate of drug-likeness (QED) is 0.186. The number of rotatable bonds is 13. The van der Waals surface area contributed by atoms with Crippen molar-refractivity contribution in [1.82, 2.24) is 24.6 Å². The molecule has 1 aromatic carbocycles. The van der Waals surface area contributed by atoms with Crippen molar-refractivity contribution in [2.75, 3.05) is 25.6 Å². The lowest BCUT2D eigenvalue weighted by Gasteiger charge is -2.26. The Morgan fingerprint density at radius 3 is 2.67 bits per heavy atom. The van der Waals surface area contributed by atoms with Crippen LogP contribution >= 0.6 is 7.75 Å². The van der Waals surface area contributed by atoms with Crippen molar-refractivity contribution in [2.24, 2.45) is 11.3 Å². The van der Waals surface area contributed by atoms with E-state index in [1.165, 1.54) is 24.7 Å². The lowest BCUT2D eigenvalue weighted by atomic mass is 9.84. The number of aliphatic hydroxyl groups is 1. The molecule has 16 heteroatoms. The molecule has 4 rings (SSSR count). The van der Waals surface area contributed by atoms with Crippen LogP contribution in [0.1, 0.15) is 40.8 Å². The minimum absolute atomic E-state index is 0.0825. The molecule has 2 aromatic heterocycles. The third-order valence-corrected chi connectivity index (χ3v) is 8.25. The molecule has 1 aliphatic rings. The van der Waals surface area contributed by atoms with Gasteiger partial charge in [-0.2, -0.15) is 20.3 Å². The highest BCUT2D eigenvalue weighted by Crippen LogP contribution is 2.49. The number of para-hydroxylation sites is 1. The summed E-state index contributed by atoms with van der Waals surface area (Å²) in [6, 6.07) is 9.29. The molecule has 0 saturated carbocycles. The zero-order valence-corrected chi connectivity index (χ0v) is 25.4. The molecule has 1 fully saturated rings. The summed E-state index contributed by atoms with van der Waals surface area (Å²) in [4.78, 5) is 25.2. The molecule has 1 aliphatic heterocycles. The molecule has 1 unspecified atom stereocenters. The minimum atomic E-state index is -4.27. The van der Waals surface area contributed by atoms with E-state index >= 15 is 0 Å². The fraction of sp³-hybridized carbons (Fsp3) is 0.519. The van der Waals surface area contributed by atoms with E-state index in [2.05, 4.69) is 26.1 Å². The first-order chi connectivity index (χ1) is 20.4. The van der Waals surface area contributed by atoms with Gasteiger partial charge in [0.25, 0.3) is 0 Å². The van der Waals surface area contributed by atoms with Gasteiger partial charge in [0.2, 0.25) is 11.8 Å². The van der Waals surface area contributed by atoms with Crippen molar-refractivity contribution < 1.29 is 37.7 Å². The number of nitriles is 1. The molecular weight excluding hydrogens is 581 g/mol. The Hall–Kier alpha value is -3.80. The highest BCUT2D eigenvalue weighted by molar-refractivity contribution is 7.52. The van der Waals surface area contributed by atoms with Crippen LogP contribution in [0, 0.1) is 22.7 Å². The molecule has 1 saturated heterocycles. The number of benzene rings is 1. The smallest absolute Gasteiger partial charge is 0.459 e. The second-order valence-electron chi connectivity index (χ2n) is 10.6. The number of nitrogen functional groups attached to an aromatic ring is 1. The van der Waals surface area contributed by atoms with Gasteiger partial charge in [-0.1, -0.05) is 32.0 Å². The number of hydrogen-bond acceptors (Lipinski definition) is 13. The first kappa shape index (κ1) is 32.1. The Labute approximate surface area is 248 Å². The van der Waals surface area contributed by atoms with Crippen molar-refractivity contribution >= 4 is 30.8 Å². The van der Waals surface area contributed by atoms with Crippen LogP contribution in [0.5, 0.6) is 11.6 Å². The number of nitrogens with two attached hydrogens (primary N) is 1. The van der Waals surface area contributed by atoms with E-state index < -0.39 is 50.2 Å². The number of aromatic nitrogens is 4. The highest BCUT2D eigenvalue weighted by Gasteiger charge is 2.56. The number of imidazole rings is 1. The Balaban J connectivity index is 1.58. The van der Waals surface area contributed by atoms with Gasteiger partial charge in [-0.15, -0.1) is 0 Å². The lowest BCUT2D eigenvalue weighted by Crippen LogP contribution is -2.39. The summed E-state index contributed by atoms with van der Waals surface area (Å²) >= 11 is 0. The summed E-state index contributed by atoms with van der Waals surface area (Å²) in [5.74, 6) is -0.263. The van der Waals surface area contributed by atoms with Gasteiger partial charge in [-0.05, 0) is 38.8 Å². The third kappa shape index (κ3) is 7.06. The Morgan fingerprint density at radius 1 is 1.30 bits per heavy atom. The van der Waals surface area contributed by atoms with Crippen molar-refractivity contribution in [3.05, 3.63) is 36.7 Å². The number of anilines is 1. The van der Waals surface area contributed by atoms with E-state index in [-0.39, 0.29) is 41.3 Å². The second kappa shape index (κ2) is 13.2. The number of esters is 1. The average Bonchev–Trinajstić information content (AvgIpc) is 3.49. The summed E-state index contributed by atoms with van der Waals surface area (Å²) in [5, 5.41) is 24.0.